The van der Waals surface area contributed by atoms with Crippen molar-refractivity contribution < 1.29 is 20.4 Å². The molecular formula is C8H16O4. The third-order valence-electron chi connectivity index (χ3n) is 2.40. The number of hydrogen-bond acceptors (Lipinski definition) is 4. The normalized spacial score (nSPS) is 45.0. The number of rotatable bonds is 0. The van der Waals surface area contributed by atoms with Gasteiger partial charge in [-0.15, -0.1) is 0 Å². The topological polar surface area (TPSA) is 80.9 Å². The van der Waals surface area contributed by atoms with Crippen LogP contribution in [0.5, 0.6) is 0 Å². The molecule has 4 heteroatoms. The first kappa shape index (κ1) is 9.92. The third-order valence-corrected chi connectivity index (χ3v) is 2.40. The number of aliphatic hydroxyl groups is 4. The van der Waals surface area contributed by atoms with Gasteiger partial charge in [0.15, 0.2) is 0 Å². The molecule has 2 aliphatic rings. The van der Waals surface area contributed by atoms with E-state index in [2.05, 4.69) is 0 Å². The summed E-state index contributed by atoms with van der Waals surface area (Å²) in [6, 6.07) is 0. The summed E-state index contributed by atoms with van der Waals surface area (Å²) in [6.07, 6.45) is 1.47. The van der Waals surface area contributed by atoms with Crippen LogP contribution >= 0.6 is 0 Å². The smallest absolute Gasteiger partial charge is 0.0800 e. The molecule has 2 rings (SSSR count). The third kappa shape index (κ3) is 2.42. The van der Waals surface area contributed by atoms with Gasteiger partial charge < -0.3 is 20.4 Å². The van der Waals surface area contributed by atoms with Crippen LogP contribution in [0.15, 0.2) is 0 Å². The van der Waals surface area contributed by atoms with E-state index < -0.39 is 24.4 Å². The molecule has 12 heavy (non-hydrogen) atoms. The molecule has 0 aromatic rings. The maximum Gasteiger partial charge on any atom is 0.0800 e. The van der Waals surface area contributed by atoms with Crippen molar-refractivity contribution in [1.29, 1.82) is 0 Å². The minimum absolute atomic E-state index is 0.412. The molecule has 0 spiro atoms. The Balaban J connectivity index is 0.000000120. The molecule has 0 aromatic heterocycles. The van der Waals surface area contributed by atoms with Crippen LogP contribution in [0.3, 0.4) is 0 Å². The van der Waals surface area contributed by atoms with Crippen LogP contribution in [0.1, 0.15) is 25.7 Å². The van der Waals surface area contributed by atoms with Crippen LogP contribution in [0.25, 0.3) is 0 Å². The molecule has 4 N–H and O–H groups in total. The van der Waals surface area contributed by atoms with E-state index in [0.717, 1.165) is 25.7 Å². The van der Waals surface area contributed by atoms with Crippen LogP contribution in [0.2, 0.25) is 0 Å². The van der Waals surface area contributed by atoms with Gasteiger partial charge in [-0.3, -0.25) is 0 Å². The number of hydrogen-bond donors (Lipinski definition) is 4. The molecule has 2 saturated carbocycles. The van der Waals surface area contributed by atoms with Gasteiger partial charge in [-0.05, 0) is 25.7 Å². The lowest BCUT2D eigenvalue weighted by Gasteiger charge is -2.26. The lowest BCUT2D eigenvalue weighted by Crippen LogP contribution is -2.35. The summed E-state index contributed by atoms with van der Waals surface area (Å²) in [5, 5.41) is 33.9. The summed E-state index contributed by atoms with van der Waals surface area (Å²) in [6.45, 7) is 0. The fourth-order valence-corrected chi connectivity index (χ4v) is 0.930. The zero-order valence-corrected chi connectivity index (χ0v) is 6.93. The van der Waals surface area contributed by atoms with Gasteiger partial charge in [0, 0.05) is 0 Å². The van der Waals surface area contributed by atoms with Gasteiger partial charge in [-0.25, -0.2) is 0 Å². The quantitative estimate of drug-likeness (QED) is 0.382. The Kier molecular flexibility index (Phi) is 3.46. The molecule has 0 unspecified atom stereocenters. The van der Waals surface area contributed by atoms with Crippen molar-refractivity contribution in [2.45, 2.75) is 50.1 Å². The van der Waals surface area contributed by atoms with Crippen molar-refractivity contribution in [3.8, 4) is 0 Å². The van der Waals surface area contributed by atoms with Crippen molar-refractivity contribution in [3.05, 3.63) is 0 Å². The van der Waals surface area contributed by atoms with E-state index in [4.69, 9.17) is 20.4 Å². The Morgan fingerprint density at radius 2 is 0.667 bits per heavy atom. The average Bonchev–Trinajstić information content (AvgIpc) is 2.12. The lowest BCUT2D eigenvalue weighted by molar-refractivity contribution is -0.0519. The SMILES string of the molecule is O[C@@H]1CC[C@H]1O.O[C@H]1CC[C@@H]1O. The molecule has 0 saturated heterocycles. The van der Waals surface area contributed by atoms with Gasteiger partial charge in [0.25, 0.3) is 0 Å². The van der Waals surface area contributed by atoms with E-state index in [1.165, 1.54) is 0 Å². The largest absolute Gasteiger partial charge is 0.390 e. The first-order valence-electron chi connectivity index (χ1n) is 4.33. The van der Waals surface area contributed by atoms with Gasteiger partial charge >= 0.3 is 0 Å². The highest BCUT2D eigenvalue weighted by molar-refractivity contribution is 4.78. The van der Waals surface area contributed by atoms with E-state index in [0.29, 0.717) is 0 Å². The van der Waals surface area contributed by atoms with E-state index in [9.17, 15) is 0 Å². The maximum absolute atomic E-state index is 8.47. The highest BCUT2D eigenvalue weighted by atomic mass is 16.3. The molecular weight excluding hydrogens is 160 g/mol. The van der Waals surface area contributed by atoms with Crippen molar-refractivity contribution >= 4 is 0 Å². The molecule has 4 atom stereocenters. The standard InChI is InChI=1S/2C4H8O2/c2*5-3-1-2-4(3)6/h2*3-6H,1-2H2/t2*3-,4-/m10/s1. The van der Waals surface area contributed by atoms with Gasteiger partial charge in [-0.2, -0.15) is 0 Å². The highest BCUT2D eigenvalue weighted by Gasteiger charge is 2.25. The maximum atomic E-state index is 8.47. The van der Waals surface area contributed by atoms with Gasteiger partial charge in [0.1, 0.15) is 0 Å². The Morgan fingerprint density at radius 3 is 0.667 bits per heavy atom. The molecule has 0 bridgehead atoms. The van der Waals surface area contributed by atoms with Crippen molar-refractivity contribution in [2.24, 2.45) is 0 Å². The summed E-state index contributed by atoms with van der Waals surface area (Å²) in [5.41, 5.74) is 0. The van der Waals surface area contributed by atoms with E-state index in [1.807, 2.05) is 0 Å². The Morgan fingerprint density at radius 1 is 0.500 bits per heavy atom. The zero-order valence-electron chi connectivity index (χ0n) is 6.93. The van der Waals surface area contributed by atoms with Gasteiger partial charge in [-0.1, -0.05) is 0 Å². The fraction of sp³-hybridized carbons (Fsp3) is 1.00. The predicted molar refractivity (Wildman–Crippen MR) is 42.5 cm³/mol. The summed E-state index contributed by atoms with van der Waals surface area (Å²) in [4.78, 5) is 0. The second-order valence-electron chi connectivity index (χ2n) is 3.42. The molecule has 0 amide bonds. The second-order valence-corrected chi connectivity index (χ2v) is 3.42. The number of aliphatic hydroxyl groups excluding tert-OH is 4. The van der Waals surface area contributed by atoms with E-state index in [1.54, 1.807) is 0 Å². The van der Waals surface area contributed by atoms with Crippen molar-refractivity contribution in [1.82, 2.24) is 0 Å². The lowest BCUT2D eigenvalue weighted by atomic mass is 9.93. The fourth-order valence-electron chi connectivity index (χ4n) is 0.930. The van der Waals surface area contributed by atoms with Crippen LogP contribution < -0.4 is 0 Å². The summed E-state index contributed by atoms with van der Waals surface area (Å²) < 4.78 is 0. The Labute approximate surface area is 71.5 Å². The molecule has 0 aromatic carbocycles. The van der Waals surface area contributed by atoms with E-state index in [-0.39, 0.29) is 0 Å². The second kappa shape index (κ2) is 4.18. The minimum atomic E-state index is -0.412. The molecule has 2 aliphatic carbocycles. The monoisotopic (exact) mass is 176 g/mol. The molecule has 0 aliphatic heterocycles. The highest BCUT2D eigenvalue weighted by Crippen LogP contribution is 2.18. The molecule has 2 fully saturated rings. The molecule has 4 nitrogen and oxygen atoms in total. The van der Waals surface area contributed by atoms with Crippen LogP contribution in [0, 0.1) is 0 Å². The molecule has 0 radical (unpaired) electrons. The Hall–Kier alpha value is -0.160. The van der Waals surface area contributed by atoms with Gasteiger partial charge in [0.2, 0.25) is 0 Å². The van der Waals surface area contributed by atoms with Crippen molar-refractivity contribution in [2.75, 3.05) is 0 Å². The molecule has 72 valence electrons. The minimum Gasteiger partial charge on any atom is -0.390 e. The first-order valence-corrected chi connectivity index (χ1v) is 4.33. The van der Waals surface area contributed by atoms with Crippen molar-refractivity contribution in [3.63, 3.8) is 0 Å². The van der Waals surface area contributed by atoms with Gasteiger partial charge in [0.05, 0.1) is 24.4 Å². The summed E-state index contributed by atoms with van der Waals surface area (Å²) in [7, 11) is 0. The average molecular weight is 176 g/mol. The molecule has 0 heterocycles. The summed E-state index contributed by atoms with van der Waals surface area (Å²) in [5.74, 6) is 0. The zero-order chi connectivity index (χ0) is 9.14. The predicted octanol–water partition coefficient (Wildman–Crippen LogP) is -0.996. The van der Waals surface area contributed by atoms with Crippen LogP contribution in [0.4, 0.5) is 0 Å². The van der Waals surface area contributed by atoms with Crippen LogP contribution in [-0.2, 0) is 0 Å². The van der Waals surface area contributed by atoms with E-state index >= 15 is 0 Å². The van der Waals surface area contributed by atoms with Crippen LogP contribution in [-0.4, -0.2) is 44.8 Å². The summed E-state index contributed by atoms with van der Waals surface area (Å²) >= 11 is 0. The first-order chi connectivity index (χ1) is 5.61. The Bertz CT molecular complexity index is 107.